The van der Waals surface area contributed by atoms with E-state index in [-0.39, 0.29) is 12.8 Å². The summed E-state index contributed by atoms with van der Waals surface area (Å²) in [6.07, 6.45) is -0.522. The van der Waals surface area contributed by atoms with Gasteiger partial charge in [-0.1, -0.05) is 15.9 Å². The molecule has 4 N–H and O–H groups in total. The maximum atomic E-state index is 11.7. The summed E-state index contributed by atoms with van der Waals surface area (Å²) in [5, 5.41) is 22.2. The number of carboxylic acid groups (broad SMARTS) is 2. The number of aryl methyl sites for hydroxylation is 1. The Morgan fingerprint density at radius 2 is 1.95 bits per heavy atom. The van der Waals surface area contributed by atoms with E-state index in [9.17, 15) is 14.4 Å². The fraction of sp³-hybridized carbons (Fsp3) is 0.308. The zero-order valence-corrected chi connectivity index (χ0v) is 12.8. The average molecular weight is 359 g/mol. The molecule has 0 radical (unpaired) electrons. The summed E-state index contributed by atoms with van der Waals surface area (Å²) < 4.78 is 0.887. The molecular formula is C13H15BrN2O5. The second-order valence-electron chi connectivity index (χ2n) is 4.39. The van der Waals surface area contributed by atoms with Crippen LogP contribution in [0.25, 0.3) is 0 Å². The number of amides is 2. The SMILES string of the molecule is Cc1cc(NC(=O)N[C@@H](CCC(=O)O)C(=O)O)ccc1Br. The fourth-order valence-electron chi connectivity index (χ4n) is 1.57. The molecule has 1 rings (SSSR count). The lowest BCUT2D eigenvalue weighted by Crippen LogP contribution is -2.43. The normalized spacial score (nSPS) is 11.5. The Balaban J connectivity index is 2.62. The van der Waals surface area contributed by atoms with Crippen LogP contribution in [0.1, 0.15) is 18.4 Å². The lowest BCUT2D eigenvalue weighted by atomic mass is 10.1. The standard InChI is InChI=1S/C13H15BrN2O5/c1-7-6-8(2-3-9(7)14)15-13(21)16-10(12(19)20)4-5-11(17)18/h2-3,6,10H,4-5H2,1H3,(H,17,18)(H,19,20)(H2,15,16,21)/t10-/m0/s1. The predicted molar refractivity (Wildman–Crippen MR) is 79.3 cm³/mol. The number of halogens is 1. The minimum Gasteiger partial charge on any atom is -0.481 e. The van der Waals surface area contributed by atoms with Crippen LogP contribution in [0.4, 0.5) is 10.5 Å². The first-order valence-electron chi connectivity index (χ1n) is 6.08. The Labute approximate surface area is 129 Å². The predicted octanol–water partition coefficient (Wildman–Crippen LogP) is 2.20. The largest absolute Gasteiger partial charge is 0.481 e. The highest BCUT2D eigenvalue weighted by Crippen LogP contribution is 2.19. The Kier molecular flexibility index (Phi) is 6.16. The van der Waals surface area contributed by atoms with Gasteiger partial charge < -0.3 is 20.8 Å². The van der Waals surface area contributed by atoms with Gasteiger partial charge in [0.25, 0.3) is 0 Å². The van der Waals surface area contributed by atoms with E-state index in [1.165, 1.54) is 0 Å². The monoisotopic (exact) mass is 358 g/mol. The molecule has 1 aromatic carbocycles. The van der Waals surface area contributed by atoms with Gasteiger partial charge >= 0.3 is 18.0 Å². The quantitative estimate of drug-likeness (QED) is 0.622. The number of nitrogens with one attached hydrogen (secondary N) is 2. The molecule has 1 aromatic rings. The molecule has 2 amide bonds. The van der Waals surface area contributed by atoms with Gasteiger partial charge in [0.1, 0.15) is 6.04 Å². The minimum absolute atomic E-state index is 0.183. The number of carbonyl (C=O) groups is 3. The van der Waals surface area contributed by atoms with E-state index < -0.39 is 24.0 Å². The molecule has 0 aliphatic rings. The lowest BCUT2D eigenvalue weighted by molar-refractivity contribution is -0.140. The molecule has 0 fully saturated rings. The molecule has 0 aliphatic heterocycles. The van der Waals surface area contributed by atoms with Gasteiger partial charge in [0.15, 0.2) is 0 Å². The first-order chi connectivity index (χ1) is 9.79. The van der Waals surface area contributed by atoms with Crippen LogP contribution in [-0.2, 0) is 9.59 Å². The van der Waals surface area contributed by atoms with E-state index in [0.29, 0.717) is 5.69 Å². The van der Waals surface area contributed by atoms with Crippen LogP contribution in [0.15, 0.2) is 22.7 Å². The second kappa shape index (κ2) is 7.63. The summed E-state index contributed by atoms with van der Waals surface area (Å²) in [4.78, 5) is 33.1. The number of carbonyl (C=O) groups excluding carboxylic acids is 1. The third-order valence-electron chi connectivity index (χ3n) is 2.67. The van der Waals surface area contributed by atoms with Gasteiger partial charge in [-0.15, -0.1) is 0 Å². The maximum absolute atomic E-state index is 11.7. The van der Waals surface area contributed by atoms with Gasteiger partial charge in [-0.05, 0) is 37.1 Å². The average Bonchev–Trinajstić information content (AvgIpc) is 2.38. The molecule has 0 unspecified atom stereocenters. The first kappa shape index (κ1) is 17.0. The molecule has 1 atom stereocenters. The van der Waals surface area contributed by atoms with Crippen molar-refractivity contribution in [3.05, 3.63) is 28.2 Å². The molecule has 0 heterocycles. The fourth-order valence-corrected chi connectivity index (χ4v) is 1.82. The number of urea groups is 1. The van der Waals surface area contributed by atoms with Crippen molar-refractivity contribution in [2.24, 2.45) is 0 Å². The summed E-state index contributed by atoms with van der Waals surface area (Å²) in [5.74, 6) is -2.40. The van der Waals surface area contributed by atoms with Crippen LogP contribution in [0.2, 0.25) is 0 Å². The lowest BCUT2D eigenvalue weighted by Gasteiger charge is -2.14. The molecule has 114 valence electrons. The van der Waals surface area contributed by atoms with Gasteiger partial charge in [0.05, 0.1) is 0 Å². The smallest absolute Gasteiger partial charge is 0.326 e. The van der Waals surface area contributed by atoms with Gasteiger partial charge in [-0.2, -0.15) is 0 Å². The van der Waals surface area contributed by atoms with Crippen molar-refractivity contribution in [3.63, 3.8) is 0 Å². The first-order valence-corrected chi connectivity index (χ1v) is 6.87. The highest BCUT2D eigenvalue weighted by molar-refractivity contribution is 9.10. The Morgan fingerprint density at radius 1 is 1.29 bits per heavy atom. The van der Waals surface area contributed by atoms with Crippen molar-refractivity contribution < 1.29 is 24.6 Å². The van der Waals surface area contributed by atoms with Gasteiger partial charge in [-0.25, -0.2) is 9.59 Å². The van der Waals surface area contributed by atoms with Crippen LogP contribution in [-0.4, -0.2) is 34.2 Å². The van der Waals surface area contributed by atoms with E-state index in [1.807, 2.05) is 6.92 Å². The number of anilines is 1. The summed E-state index contributed by atoms with van der Waals surface area (Å²) in [6.45, 7) is 1.85. The molecule has 0 spiro atoms. The number of benzene rings is 1. The van der Waals surface area contributed by atoms with Crippen molar-refractivity contribution in [2.45, 2.75) is 25.8 Å². The molecule has 0 aliphatic carbocycles. The Morgan fingerprint density at radius 3 is 2.48 bits per heavy atom. The molecule has 0 saturated carbocycles. The van der Waals surface area contributed by atoms with Crippen LogP contribution in [0.3, 0.4) is 0 Å². The minimum atomic E-state index is -1.28. The van der Waals surface area contributed by atoms with E-state index in [4.69, 9.17) is 10.2 Å². The third kappa shape index (κ3) is 5.82. The van der Waals surface area contributed by atoms with Crippen molar-refractivity contribution in [2.75, 3.05) is 5.32 Å². The topological polar surface area (TPSA) is 116 Å². The highest BCUT2D eigenvalue weighted by Gasteiger charge is 2.20. The van der Waals surface area contributed by atoms with E-state index in [1.54, 1.807) is 18.2 Å². The van der Waals surface area contributed by atoms with Gasteiger partial charge in [-0.3, -0.25) is 4.79 Å². The summed E-state index contributed by atoms with van der Waals surface area (Å²) in [7, 11) is 0. The van der Waals surface area contributed by atoms with Crippen LogP contribution in [0, 0.1) is 6.92 Å². The van der Waals surface area contributed by atoms with E-state index in [0.717, 1.165) is 10.0 Å². The zero-order valence-electron chi connectivity index (χ0n) is 11.2. The Bertz CT molecular complexity index is 561. The van der Waals surface area contributed by atoms with Crippen LogP contribution >= 0.6 is 15.9 Å². The molecule has 7 nitrogen and oxygen atoms in total. The molecular weight excluding hydrogens is 344 g/mol. The van der Waals surface area contributed by atoms with E-state index >= 15 is 0 Å². The van der Waals surface area contributed by atoms with Crippen LogP contribution in [0.5, 0.6) is 0 Å². The molecule has 0 aromatic heterocycles. The highest BCUT2D eigenvalue weighted by atomic mass is 79.9. The van der Waals surface area contributed by atoms with Gasteiger partial charge in [0, 0.05) is 16.6 Å². The second-order valence-corrected chi connectivity index (χ2v) is 5.24. The number of hydrogen-bond donors (Lipinski definition) is 4. The van der Waals surface area contributed by atoms with Crippen molar-refractivity contribution in [1.29, 1.82) is 0 Å². The van der Waals surface area contributed by atoms with Gasteiger partial charge in [0.2, 0.25) is 0 Å². The number of hydrogen-bond acceptors (Lipinski definition) is 3. The summed E-state index contributed by atoms with van der Waals surface area (Å²) in [5.41, 5.74) is 1.42. The number of aliphatic carboxylic acids is 2. The molecule has 8 heteroatoms. The maximum Gasteiger partial charge on any atom is 0.326 e. The molecule has 21 heavy (non-hydrogen) atoms. The van der Waals surface area contributed by atoms with E-state index in [2.05, 4.69) is 26.6 Å². The van der Waals surface area contributed by atoms with Crippen molar-refractivity contribution >= 4 is 39.6 Å². The van der Waals surface area contributed by atoms with Crippen molar-refractivity contribution in [1.82, 2.24) is 5.32 Å². The van der Waals surface area contributed by atoms with Crippen LogP contribution < -0.4 is 10.6 Å². The molecule has 0 saturated heterocycles. The summed E-state index contributed by atoms with van der Waals surface area (Å²) >= 11 is 3.33. The molecule has 0 bridgehead atoms. The third-order valence-corrected chi connectivity index (χ3v) is 3.56. The number of carboxylic acids is 2. The zero-order chi connectivity index (χ0) is 16.0. The number of rotatable bonds is 6. The van der Waals surface area contributed by atoms with Crippen molar-refractivity contribution in [3.8, 4) is 0 Å². The summed E-state index contributed by atoms with van der Waals surface area (Å²) in [6, 6.07) is 3.18. The Hall–Kier alpha value is -2.09.